The van der Waals surface area contributed by atoms with E-state index in [0.29, 0.717) is 12.0 Å². The van der Waals surface area contributed by atoms with Gasteiger partial charge in [-0.05, 0) is 25.0 Å². The van der Waals surface area contributed by atoms with E-state index in [-0.39, 0.29) is 35.6 Å². The third kappa shape index (κ3) is 2.51. The smallest absolute Gasteiger partial charge is 0.261 e. The molecule has 0 bridgehead atoms. The highest BCUT2D eigenvalue weighted by Gasteiger charge is 2.22. The Morgan fingerprint density at radius 3 is 2.94 bits per heavy atom. The molecule has 1 amide bonds. The van der Waals surface area contributed by atoms with Gasteiger partial charge in [-0.2, -0.15) is 0 Å². The Balaban J connectivity index is 2.10. The highest BCUT2D eigenvalue weighted by Crippen LogP contribution is 2.17. The van der Waals surface area contributed by atoms with Gasteiger partial charge >= 0.3 is 0 Å². The predicted octanol–water partition coefficient (Wildman–Crippen LogP) is 0.350. The van der Waals surface area contributed by atoms with Gasteiger partial charge in [-0.1, -0.05) is 12.2 Å². The fraction of sp³-hybridized carbons (Fsp3) is 0.385. The van der Waals surface area contributed by atoms with Gasteiger partial charge in [0.15, 0.2) is 0 Å². The average molecular weight is 248 g/mol. The van der Waals surface area contributed by atoms with E-state index in [0.717, 1.165) is 0 Å². The van der Waals surface area contributed by atoms with Crippen LogP contribution in [-0.2, 0) is 0 Å². The summed E-state index contributed by atoms with van der Waals surface area (Å²) in [6.45, 7) is 1.80. The van der Waals surface area contributed by atoms with Gasteiger partial charge < -0.3 is 15.4 Å². The minimum Gasteiger partial charge on any atom is -0.396 e. The maximum Gasteiger partial charge on any atom is 0.261 e. The van der Waals surface area contributed by atoms with Gasteiger partial charge in [-0.25, -0.2) is 0 Å². The first-order valence-electron chi connectivity index (χ1n) is 5.90. The Bertz CT molecular complexity index is 533. The molecule has 1 aromatic heterocycles. The van der Waals surface area contributed by atoms with Gasteiger partial charge in [0.05, 0.1) is 0 Å². The van der Waals surface area contributed by atoms with Gasteiger partial charge in [-0.3, -0.25) is 9.59 Å². The molecule has 1 aromatic rings. The summed E-state index contributed by atoms with van der Waals surface area (Å²) in [4.78, 5) is 26.1. The lowest BCUT2D eigenvalue weighted by Gasteiger charge is -2.13. The monoisotopic (exact) mass is 248 g/mol. The number of amides is 1. The number of aliphatic hydroxyl groups excluding tert-OH is 1. The van der Waals surface area contributed by atoms with Crippen molar-refractivity contribution in [2.24, 2.45) is 5.92 Å². The molecule has 2 rings (SSSR count). The van der Waals surface area contributed by atoms with Crippen molar-refractivity contribution in [2.45, 2.75) is 19.4 Å². The zero-order chi connectivity index (χ0) is 13.1. The minimum absolute atomic E-state index is 0.0772. The molecule has 18 heavy (non-hydrogen) atoms. The number of carbonyl (C=O) groups is 1. The predicted molar refractivity (Wildman–Crippen MR) is 67.4 cm³/mol. The molecule has 0 saturated carbocycles. The fourth-order valence-electron chi connectivity index (χ4n) is 2.12. The standard InChI is InChI=1S/C13H16N2O3/c1-8-4-5-14-12(17)11(8)13(18)15-10-3-2-9(6-10)7-16/h2-5,9-10,16H,6-7H2,1H3,(H,14,17)(H,15,18)/t9-,10+/m0/s1. The van der Waals surface area contributed by atoms with Crippen LogP contribution in [0.25, 0.3) is 0 Å². The van der Waals surface area contributed by atoms with Crippen LogP contribution in [0.15, 0.2) is 29.2 Å². The van der Waals surface area contributed by atoms with Crippen molar-refractivity contribution in [1.82, 2.24) is 10.3 Å². The fourth-order valence-corrected chi connectivity index (χ4v) is 2.12. The first-order chi connectivity index (χ1) is 8.61. The summed E-state index contributed by atoms with van der Waals surface area (Å²) in [7, 11) is 0. The van der Waals surface area contributed by atoms with Crippen LogP contribution in [0.1, 0.15) is 22.3 Å². The zero-order valence-corrected chi connectivity index (χ0v) is 10.1. The molecule has 1 heterocycles. The van der Waals surface area contributed by atoms with Gasteiger partial charge in [0.1, 0.15) is 5.56 Å². The number of hydrogen-bond acceptors (Lipinski definition) is 3. The summed E-state index contributed by atoms with van der Waals surface area (Å²) in [6.07, 6.45) is 5.93. The molecule has 0 aliphatic heterocycles. The van der Waals surface area contributed by atoms with Gasteiger partial charge in [0.2, 0.25) is 0 Å². The first-order valence-corrected chi connectivity index (χ1v) is 5.90. The molecule has 5 heteroatoms. The van der Waals surface area contributed by atoms with Crippen LogP contribution in [-0.4, -0.2) is 28.6 Å². The van der Waals surface area contributed by atoms with Crippen molar-refractivity contribution in [2.75, 3.05) is 6.61 Å². The normalized spacial score (nSPS) is 22.1. The first kappa shape index (κ1) is 12.6. The lowest BCUT2D eigenvalue weighted by Crippen LogP contribution is -2.36. The van der Waals surface area contributed by atoms with Crippen molar-refractivity contribution in [1.29, 1.82) is 0 Å². The number of rotatable bonds is 3. The van der Waals surface area contributed by atoms with Crippen molar-refractivity contribution < 1.29 is 9.90 Å². The second-order valence-electron chi connectivity index (χ2n) is 4.51. The van der Waals surface area contributed by atoms with Crippen LogP contribution in [0.5, 0.6) is 0 Å². The molecule has 5 nitrogen and oxygen atoms in total. The summed E-state index contributed by atoms with van der Waals surface area (Å²) in [5.41, 5.74) is 0.420. The number of aryl methyl sites for hydroxylation is 1. The molecule has 0 radical (unpaired) electrons. The van der Waals surface area contributed by atoms with E-state index in [1.54, 1.807) is 13.0 Å². The van der Waals surface area contributed by atoms with E-state index in [4.69, 9.17) is 5.11 Å². The molecule has 0 spiro atoms. The molecule has 0 fully saturated rings. The molecule has 0 saturated heterocycles. The molecule has 1 aliphatic rings. The summed E-state index contributed by atoms with van der Waals surface area (Å²) >= 11 is 0. The molecule has 2 atom stereocenters. The largest absolute Gasteiger partial charge is 0.396 e. The topological polar surface area (TPSA) is 82.2 Å². The Labute approximate surface area is 105 Å². The van der Waals surface area contributed by atoms with Gasteiger partial charge in [0.25, 0.3) is 11.5 Å². The average Bonchev–Trinajstić information content (AvgIpc) is 2.76. The number of H-pyrrole nitrogens is 1. The highest BCUT2D eigenvalue weighted by molar-refractivity contribution is 5.95. The number of nitrogens with one attached hydrogen (secondary N) is 2. The molecule has 0 aromatic carbocycles. The number of pyridine rings is 1. The van der Waals surface area contributed by atoms with E-state index >= 15 is 0 Å². The summed E-state index contributed by atoms with van der Waals surface area (Å²) in [6, 6.07) is 1.57. The maximum absolute atomic E-state index is 12.0. The third-order valence-electron chi connectivity index (χ3n) is 3.12. The summed E-state index contributed by atoms with van der Waals surface area (Å²) in [5, 5.41) is 11.8. The van der Waals surface area contributed by atoms with E-state index < -0.39 is 0 Å². The van der Waals surface area contributed by atoms with E-state index in [1.165, 1.54) is 6.20 Å². The van der Waals surface area contributed by atoms with E-state index in [9.17, 15) is 9.59 Å². The van der Waals surface area contributed by atoms with Crippen LogP contribution in [0.2, 0.25) is 0 Å². The number of aromatic nitrogens is 1. The highest BCUT2D eigenvalue weighted by atomic mass is 16.3. The minimum atomic E-state index is -0.381. The van der Waals surface area contributed by atoms with Crippen molar-refractivity contribution in [3.8, 4) is 0 Å². The van der Waals surface area contributed by atoms with E-state index in [1.807, 2.05) is 12.2 Å². The van der Waals surface area contributed by atoms with Crippen LogP contribution in [0, 0.1) is 12.8 Å². The van der Waals surface area contributed by atoms with Crippen molar-refractivity contribution in [3.05, 3.63) is 45.9 Å². The number of hydrogen-bond donors (Lipinski definition) is 3. The number of carbonyl (C=O) groups excluding carboxylic acids is 1. The lowest BCUT2D eigenvalue weighted by atomic mass is 10.1. The van der Waals surface area contributed by atoms with Crippen LogP contribution in [0.3, 0.4) is 0 Å². The van der Waals surface area contributed by atoms with Crippen molar-refractivity contribution >= 4 is 5.91 Å². The Morgan fingerprint density at radius 2 is 2.33 bits per heavy atom. The molecule has 3 N–H and O–H groups in total. The Hall–Kier alpha value is -1.88. The Morgan fingerprint density at radius 1 is 1.56 bits per heavy atom. The van der Waals surface area contributed by atoms with E-state index in [2.05, 4.69) is 10.3 Å². The second kappa shape index (κ2) is 5.18. The maximum atomic E-state index is 12.0. The van der Waals surface area contributed by atoms with Crippen LogP contribution < -0.4 is 10.9 Å². The molecular weight excluding hydrogens is 232 g/mol. The van der Waals surface area contributed by atoms with Gasteiger partial charge in [0, 0.05) is 24.8 Å². The second-order valence-corrected chi connectivity index (χ2v) is 4.51. The lowest BCUT2D eigenvalue weighted by molar-refractivity contribution is 0.0939. The van der Waals surface area contributed by atoms with Gasteiger partial charge in [-0.15, -0.1) is 0 Å². The van der Waals surface area contributed by atoms with Crippen molar-refractivity contribution in [3.63, 3.8) is 0 Å². The SMILES string of the molecule is Cc1cc[nH]c(=O)c1C(=O)N[C@@H]1C=C[C@H](CO)C1. The van der Waals surface area contributed by atoms with Crippen LogP contribution in [0.4, 0.5) is 0 Å². The summed E-state index contributed by atoms with van der Waals surface area (Å²) < 4.78 is 0. The Kier molecular flexibility index (Phi) is 3.62. The summed E-state index contributed by atoms with van der Waals surface area (Å²) in [5.74, 6) is -0.284. The molecular formula is C13H16N2O3. The third-order valence-corrected chi connectivity index (χ3v) is 3.12. The molecule has 1 aliphatic carbocycles. The molecule has 96 valence electrons. The number of aliphatic hydroxyl groups is 1. The quantitative estimate of drug-likeness (QED) is 0.675. The number of aromatic amines is 1. The van der Waals surface area contributed by atoms with Crippen LogP contribution >= 0.6 is 0 Å². The molecule has 0 unspecified atom stereocenters. The zero-order valence-electron chi connectivity index (χ0n) is 10.1.